The third-order valence-corrected chi connectivity index (χ3v) is 4.78. The third-order valence-electron chi connectivity index (χ3n) is 4.78. The predicted octanol–water partition coefficient (Wildman–Crippen LogP) is 6.94. The molecule has 2 aromatic rings. The van der Waals surface area contributed by atoms with Crippen LogP contribution in [-0.4, -0.2) is 10.7 Å². The molecule has 0 aliphatic heterocycles. The molecule has 0 heterocycles. The van der Waals surface area contributed by atoms with Crippen molar-refractivity contribution in [3.05, 3.63) is 96.1 Å². The van der Waals surface area contributed by atoms with Gasteiger partial charge in [0.05, 0.1) is 0 Å². The van der Waals surface area contributed by atoms with E-state index in [0.717, 1.165) is 16.9 Å². The van der Waals surface area contributed by atoms with Crippen molar-refractivity contribution in [3.63, 3.8) is 0 Å². The van der Waals surface area contributed by atoms with Crippen LogP contribution >= 0.6 is 0 Å². The van der Waals surface area contributed by atoms with Gasteiger partial charge in [-0.05, 0) is 74.6 Å². The number of benzene rings is 2. The van der Waals surface area contributed by atoms with Crippen LogP contribution < -0.4 is 4.74 Å². The molecule has 0 spiro atoms. The lowest BCUT2D eigenvalue weighted by molar-refractivity contribution is 0.131. The fourth-order valence-corrected chi connectivity index (χ4v) is 3.39. The molecule has 0 saturated heterocycles. The van der Waals surface area contributed by atoms with Crippen LogP contribution in [0, 0.1) is 12.8 Å². The Kier molecular flexibility index (Phi) is 6.90. The molecule has 0 unspecified atom stereocenters. The van der Waals surface area contributed by atoms with E-state index in [0.29, 0.717) is 0 Å². The maximum atomic E-state index is 9.72. The van der Waals surface area contributed by atoms with Gasteiger partial charge in [0.15, 0.2) is 0 Å². The van der Waals surface area contributed by atoms with Gasteiger partial charge in [0.1, 0.15) is 17.1 Å². The van der Waals surface area contributed by atoms with Crippen LogP contribution in [0.1, 0.15) is 50.3 Å². The number of ether oxygens (including phenoxy) is 1. The third kappa shape index (κ3) is 5.63. The quantitative estimate of drug-likeness (QED) is 0.530. The molecule has 0 aliphatic carbocycles. The van der Waals surface area contributed by atoms with E-state index in [-0.39, 0.29) is 23.2 Å². The van der Waals surface area contributed by atoms with Gasteiger partial charge in [-0.25, -0.2) is 0 Å². The van der Waals surface area contributed by atoms with Crippen molar-refractivity contribution >= 4 is 0 Å². The van der Waals surface area contributed by atoms with E-state index in [1.807, 2.05) is 51.1 Å². The second kappa shape index (κ2) is 8.97. The smallest absolute Gasteiger partial charge is 0.120 e. The summed E-state index contributed by atoms with van der Waals surface area (Å²) < 4.78 is 6.03. The summed E-state index contributed by atoms with van der Waals surface area (Å²) in [5.41, 5.74) is 4.35. The molecule has 2 heteroatoms. The molecule has 148 valence electrons. The highest BCUT2D eigenvalue weighted by Gasteiger charge is 2.25. The van der Waals surface area contributed by atoms with Crippen molar-refractivity contribution < 1.29 is 9.84 Å². The average molecular weight is 377 g/mol. The van der Waals surface area contributed by atoms with Gasteiger partial charge in [0, 0.05) is 5.92 Å². The minimum atomic E-state index is -0.235. The van der Waals surface area contributed by atoms with Crippen LogP contribution in [0.2, 0.25) is 0 Å². The first-order valence-corrected chi connectivity index (χ1v) is 9.69. The normalized spacial score (nSPS) is 13.9. The zero-order valence-electron chi connectivity index (χ0n) is 17.7. The van der Waals surface area contributed by atoms with E-state index in [9.17, 15) is 5.11 Å². The van der Waals surface area contributed by atoms with Crippen LogP contribution in [0.4, 0.5) is 0 Å². The van der Waals surface area contributed by atoms with Gasteiger partial charge in [-0.1, -0.05) is 62.1 Å². The zero-order chi connectivity index (χ0) is 20.9. The number of hydrogen-bond acceptors (Lipinski definition) is 2. The van der Waals surface area contributed by atoms with Crippen LogP contribution in [0.5, 0.6) is 11.5 Å². The van der Waals surface area contributed by atoms with Gasteiger partial charge < -0.3 is 9.84 Å². The van der Waals surface area contributed by atoms with E-state index >= 15 is 0 Å². The molecular formula is C26H32O2. The highest BCUT2D eigenvalue weighted by Crippen LogP contribution is 2.39. The van der Waals surface area contributed by atoms with Gasteiger partial charge >= 0.3 is 0 Å². The van der Waals surface area contributed by atoms with Gasteiger partial charge in [-0.15, -0.1) is 0 Å². The van der Waals surface area contributed by atoms with Gasteiger partial charge in [-0.3, -0.25) is 0 Å². The average Bonchev–Trinajstić information content (AvgIpc) is 2.61. The fourth-order valence-electron chi connectivity index (χ4n) is 3.39. The molecule has 2 rings (SSSR count). The maximum Gasteiger partial charge on any atom is 0.120 e. The number of phenols is 1. The number of aryl methyl sites for hydroxylation is 1. The SMILES string of the molecule is C=C/C=C\C(=C)[C@@H](C)[C@H](c1ccc(O)cc1)c1ccc(OC(C)(C)C)cc1C. The zero-order valence-corrected chi connectivity index (χ0v) is 17.7. The molecule has 2 nitrogen and oxygen atoms in total. The molecule has 0 aromatic heterocycles. The van der Waals surface area contributed by atoms with Gasteiger partial charge in [-0.2, -0.15) is 0 Å². The lowest BCUT2D eigenvalue weighted by Gasteiger charge is -2.28. The minimum Gasteiger partial charge on any atom is -0.508 e. The fraction of sp³-hybridized carbons (Fsp3) is 0.308. The molecule has 2 atom stereocenters. The van der Waals surface area contributed by atoms with E-state index in [2.05, 4.69) is 39.1 Å². The second-order valence-corrected chi connectivity index (χ2v) is 8.26. The lowest BCUT2D eigenvalue weighted by Crippen LogP contribution is -2.23. The summed E-state index contributed by atoms with van der Waals surface area (Å²) in [5.74, 6) is 1.43. The Hall–Kier alpha value is -2.74. The Bertz CT molecular complexity index is 851. The van der Waals surface area contributed by atoms with Crippen molar-refractivity contribution in [2.75, 3.05) is 0 Å². The monoisotopic (exact) mass is 376 g/mol. The molecule has 2 aromatic carbocycles. The molecule has 0 radical (unpaired) electrons. The molecular weight excluding hydrogens is 344 g/mol. The van der Waals surface area contributed by atoms with Gasteiger partial charge in [0.25, 0.3) is 0 Å². The molecule has 1 N–H and O–H groups in total. The first-order chi connectivity index (χ1) is 13.1. The first kappa shape index (κ1) is 21.6. The summed E-state index contributed by atoms with van der Waals surface area (Å²) in [6.45, 7) is 18.5. The predicted molar refractivity (Wildman–Crippen MR) is 119 cm³/mol. The Morgan fingerprint density at radius 1 is 1.11 bits per heavy atom. The summed E-state index contributed by atoms with van der Waals surface area (Å²) in [5, 5.41) is 9.72. The number of aromatic hydroxyl groups is 1. The Morgan fingerprint density at radius 2 is 1.75 bits per heavy atom. The summed E-state index contributed by atoms with van der Waals surface area (Å²) >= 11 is 0. The highest BCUT2D eigenvalue weighted by atomic mass is 16.5. The van der Waals surface area contributed by atoms with Crippen molar-refractivity contribution in [3.8, 4) is 11.5 Å². The topological polar surface area (TPSA) is 29.5 Å². The Labute approximate surface area is 169 Å². The summed E-state index contributed by atoms with van der Waals surface area (Å²) in [4.78, 5) is 0. The van der Waals surface area contributed by atoms with Crippen LogP contribution in [0.15, 0.2) is 79.4 Å². The van der Waals surface area contributed by atoms with E-state index in [1.54, 1.807) is 18.2 Å². The van der Waals surface area contributed by atoms with E-state index in [4.69, 9.17) is 4.74 Å². The lowest BCUT2D eigenvalue weighted by atomic mass is 9.77. The number of allylic oxidation sites excluding steroid dienone is 4. The molecule has 0 bridgehead atoms. The van der Waals surface area contributed by atoms with E-state index < -0.39 is 0 Å². The summed E-state index contributed by atoms with van der Waals surface area (Å²) in [6, 6.07) is 13.7. The Balaban J connectivity index is 2.49. The first-order valence-electron chi connectivity index (χ1n) is 9.69. The van der Waals surface area contributed by atoms with Crippen LogP contribution in [0.3, 0.4) is 0 Å². The van der Waals surface area contributed by atoms with Gasteiger partial charge in [0.2, 0.25) is 0 Å². The minimum absolute atomic E-state index is 0.117. The van der Waals surface area contributed by atoms with Crippen molar-refractivity contribution in [2.24, 2.45) is 5.92 Å². The summed E-state index contributed by atoms with van der Waals surface area (Å²) in [6.07, 6.45) is 5.69. The summed E-state index contributed by atoms with van der Waals surface area (Å²) in [7, 11) is 0. The molecule has 0 saturated carbocycles. The molecule has 28 heavy (non-hydrogen) atoms. The second-order valence-electron chi connectivity index (χ2n) is 8.26. The Morgan fingerprint density at radius 3 is 2.29 bits per heavy atom. The van der Waals surface area contributed by atoms with Crippen LogP contribution in [0.25, 0.3) is 0 Å². The number of phenolic OH excluding ortho intramolecular Hbond substituents is 1. The molecule has 0 fully saturated rings. The van der Waals surface area contributed by atoms with Crippen molar-refractivity contribution in [1.29, 1.82) is 0 Å². The van der Waals surface area contributed by atoms with E-state index in [1.165, 1.54) is 11.1 Å². The largest absolute Gasteiger partial charge is 0.508 e. The number of rotatable bonds is 7. The highest BCUT2D eigenvalue weighted by molar-refractivity contribution is 5.45. The standard InChI is InChI=1S/C26H32O2/c1-8-9-10-18(2)20(4)25(21-11-13-22(27)14-12-21)24-16-15-23(17-19(24)3)28-26(5,6)7/h8-17,20,25,27H,1-2H2,3-7H3/b10-9-/t20-,25-/m1/s1. The molecule has 0 aliphatic rings. The number of hydrogen-bond donors (Lipinski definition) is 1. The van der Waals surface area contributed by atoms with Crippen LogP contribution in [-0.2, 0) is 0 Å². The molecule has 0 amide bonds. The van der Waals surface area contributed by atoms with Crippen molar-refractivity contribution in [2.45, 2.75) is 46.1 Å². The maximum absolute atomic E-state index is 9.72. The van der Waals surface area contributed by atoms with Crippen molar-refractivity contribution in [1.82, 2.24) is 0 Å².